The number of rotatable bonds is 7. The molecule has 0 radical (unpaired) electrons. The van der Waals surface area contributed by atoms with Crippen molar-refractivity contribution in [3.8, 4) is 5.88 Å². The normalized spacial score (nSPS) is 10.6. The molecular formula is C20H21FN4O2. The number of nitrogens with one attached hydrogen (secondary N) is 1. The Morgan fingerprint density at radius 1 is 1.15 bits per heavy atom. The molecule has 1 N–H and O–H groups in total. The zero-order valence-electron chi connectivity index (χ0n) is 15.3. The van der Waals surface area contributed by atoms with Gasteiger partial charge in [-0.1, -0.05) is 12.1 Å². The first-order chi connectivity index (χ1) is 13.1. The van der Waals surface area contributed by atoms with Crippen LogP contribution in [0.1, 0.15) is 27.4 Å². The lowest BCUT2D eigenvalue weighted by atomic mass is 10.2. The van der Waals surface area contributed by atoms with E-state index in [0.717, 1.165) is 17.1 Å². The summed E-state index contributed by atoms with van der Waals surface area (Å²) in [6.07, 6.45) is 3.87. The summed E-state index contributed by atoms with van der Waals surface area (Å²) in [5.74, 6) is 0.880. The minimum Gasteiger partial charge on any atom is -0.481 e. The van der Waals surface area contributed by atoms with Crippen LogP contribution in [0.4, 0.5) is 4.39 Å². The number of nitrogens with zero attached hydrogens (tertiary/aromatic N) is 3. The van der Waals surface area contributed by atoms with Gasteiger partial charge in [0.15, 0.2) is 0 Å². The predicted octanol–water partition coefficient (Wildman–Crippen LogP) is 2.76. The van der Waals surface area contributed by atoms with E-state index < -0.39 is 0 Å². The Kier molecular flexibility index (Phi) is 5.80. The summed E-state index contributed by atoms with van der Waals surface area (Å²) < 4.78 is 20.1. The highest BCUT2D eigenvalue weighted by atomic mass is 19.1. The van der Waals surface area contributed by atoms with Crippen LogP contribution in [-0.2, 0) is 13.0 Å². The molecule has 1 amide bonds. The third-order valence-electron chi connectivity index (χ3n) is 4.23. The van der Waals surface area contributed by atoms with Crippen molar-refractivity contribution in [1.82, 2.24) is 19.9 Å². The van der Waals surface area contributed by atoms with E-state index >= 15 is 0 Å². The van der Waals surface area contributed by atoms with E-state index in [-0.39, 0.29) is 11.7 Å². The number of hydrogen-bond acceptors (Lipinski definition) is 4. The average molecular weight is 368 g/mol. The summed E-state index contributed by atoms with van der Waals surface area (Å²) in [5.41, 5.74) is 2.48. The first-order valence-corrected chi connectivity index (χ1v) is 8.60. The van der Waals surface area contributed by atoms with E-state index in [1.54, 1.807) is 30.5 Å². The van der Waals surface area contributed by atoms with Crippen molar-refractivity contribution in [3.63, 3.8) is 0 Å². The molecule has 7 heteroatoms. The Bertz CT molecular complexity index is 905. The van der Waals surface area contributed by atoms with Gasteiger partial charge in [-0.2, -0.15) is 0 Å². The fourth-order valence-electron chi connectivity index (χ4n) is 2.72. The van der Waals surface area contributed by atoms with Gasteiger partial charge in [0, 0.05) is 43.7 Å². The summed E-state index contributed by atoms with van der Waals surface area (Å²) in [5, 5.41) is 2.87. The molecule has 0 unspecified atom stereocenters. The molecule has 0 atom stereocenters. The average Bonchev–Trinajstić information content (AvgIpc) is 3.03. The lowest BCUT2D eigenvalue weighted by molar-refractivity contribution is 0.0953. The first kappa shape index (κ1) is 18.6. The molecule has 0 saturated heterocycles. The molecule has 1 aromatic carbocycles. The smallest absolute Gasteiger partial charge is 0.252 e. The Labute approximate surface area is 157 Å². The number of ether oxygens (including phenoxy) is 1. The molecular weight excluding hydrogens is 347 g/mol. The Hall–Kier alpha value is -3.22. The van der Waals surface area contributed by atoms with Gasteiger partial charge in [0.05, 0.1) is 12.7 Å². The third kappa shape index (κ3) is 4.69. The molecule has 0 fully saturated rings. The lowest BCUT2D eigenvalue weighted by Gasteiger charge is -2.11. The number of aryl methyl sites for hydroxylation is 1. The number of imidazole rings is 1. The Balaban J connectivity index is 1.59. The summed E-state index contributed by atoms with van der Waals surface area (Å²) in [4.78, 5) is 20.7. The van der Waals surface area contributed by atoms with Crippen molar-refractivity contribution in [3.05, 3.63) is 77.3 Å². The second kappa shape index (κ2) is 8.44. The number of benzene rings is 1. The van der Waals surface area contributed by atoms with Gasteiger partial charge in [-0.3, -0.25) is 4.79 Å². The number of pyridine rings is 1. The van der Waals surface area contributed by atoms with Crippen molar-refractivity contribution in [2.24, 2.45) is 0 Å². The molecule has 6 nitrogen and oxygen atoms in total. The maximum atomic E-state index is 13.1. The molecule has 3 rings (SSSR count). The summed E-state index contributed by atoms with van der Waals surface area (Å²) in [6, 6.07) is 9.73. The van der Waals surface area contributed by atoms with E-state index in [0.29, 0.717) is 31.0 Å². The Morgan fingerprint density at radius 2 is 1.93 bits per heavy atom. The highest BCUT2D eigenvalue weighted by Crippen LogP contribution is 2.11. The molecule has 3 aromatic rings. The molecule has 0 aliphatic heterocycles. The van der Waals surface area contributed by atoms with Gasteiger partial charge in [-0.15, -0.1) is 0 Å². The molecule has 27 heavy (non-hydrogen) atoms. The monoisotopic (exact) mass is 368 g/mol. The fraction of sp³-hybridized carbons (Fsp3) is 0.250. The van der Waals surface area contributed by atoms with E-state index in [1.807, 2.05) is 6.92 Å². The maximum absolute atomic E-state index is 13.1. The van der Waals surface area contributed by atoms with Crippen molar-refractivity contribution in [2.45, 2.75) is 19.9 Å². The summed E-state index contributed by atoms with van der Waals surface area (Å²) in [6.45, 7) is 3.03. The van der Waals surface area contributed by atoms with Gasteiger partial charge in [0.25, 0.3) is 5.91 Å². The van der Waals surface area contributed by atoms with Gasteiger partial charge in [-0.25, -0.2) is 14.4 Å². The van der Waals surface area contributed by atoms with Crippen molar-refractivity contribution in [2.75, 3.05) is 13.7 Å². The number of aromatic nitrogens is 3. The highest BCUT2D eigenvalue weighted by molar-refractivity contribution is 5.93. The van der Waals surface area contributed by atoms with E-state index in [4.69, 9.17) is 4.74 Å². The van der Waals surface area contributed by atoms with Crippen LogP contribution in [0, 0.1) is 12.7 Å². The molecule has 0 aliphatic carbocycles. The van der Waals surface area contributed by atoms with Gasteiger partial charge >= 0.3 is 0 Å². The highest BCUT2D eigenvalue weighted by Gasteiger charge is 2.10. The Morgan fingerprint density at radius 3 is 2.59 bits per heavy atom. The number of carbonyl (C=O) groups excluding carboxylic acids is 1. The standard InChI is InChI=1S/C20H21FN4O2/c1-14-11-23-18(25(14)13-15-3-6-17(21)7-4-15)9-10-22-20(26)16-5-8-19(27-2)24-12-16/h3-8,11-12H,9-10,13H2,1-2H3,(H,22,26). The van der Waals surface area contributed by atoms with Crippen LogP contribution < -0.4 is 10.1 Å². The van der Waals surface area contributed by atoms with Gasteiger partial charge in [0.1, 0.15) is 11.6 Å². The summed E-state index contributed by atoms with van der Waals surface area (Å²) >= 11 is 0. The first-order valence-electron chi connectivity index (χ1n) is 8.60. The van der Waals surface area contributed by atoms with Gasteiger partial charge in [0.2, 0.25) is 5.88 Å². The minimum atomic E-state index is -0.253. The second-order valence-corrected chi connectivity index (χ2v) is 6.12. The quantitative estimate of drug-likeness (QED) is 0.696. The molecule has 0 bridgehead atoms. The number of carbonyl (C=O) groups is 1. The van der Waals surface area contributed by atoms with Gasteiger partial charge < -0.3 is 14.6 Å². The predicted molar refractivity (Wildman–Crippen MR) is 99.3 cm³/mol. The summed E-state index contributed by atoms with van der Waals surface area (Å²) in [7, 11) is 1.53. The molecule has 0 saturated carbocycles. The zero-order valence-corrected chi connectivity index (χ0v) is 15.3. The van der Waals surface area contributed by atoms with Gasteiger partial charge in [-0.05, 0) is 30.7 Å². The van der Waals surface area contributed by atoms with Crippen LogP contribution in [0.5, 0.6) is 5.88 Å². The molecule has 0 aliphatic rings. The van der Waals surface area contributed by atoms with Crippen LogP contribution in [0.25, 0.3) is 0 Å². The minimum absolute atomic E-state index is 0.196. The molecule has 2 aromatic heterocycles. The molecule has 2 heterocycles. The van der Waals surface area contributed by atoms with Crippen LogP contribution in [-0.4, -0.2) is 34.1 Å². The van der Waals surface area contributed by atoms with Crippen LogP contribution in [0.15, 0.2) is 48.8 Å². The third-order valence-corrected chi connectivity index (χ3v) is 4.23. The van der Waals surface area contributed by atoms with Crippen LogP contribution in [0.2, 0.25) is 0 Å². The number of hydrogen-bond donors (Lipinski definition) is 1. The van der Waals surface area contributed by atoms with Crippen molar-refractivity contribution < 1.29 is 13.9 Å². The SMILES string of the molecule is COc1ccc(C(=O)NCCc2ncc(C)n2Cc2ccc(F)cc2)cn1. The topological polar surface area (TPSA) is 69.0 Å². The van der Waals surface area contributed by atoms with Crippen LogP contribution in [0.3, 0.4) is 0 Å². The number of amides is 1. The van der Waals surface area contributed by atoms with E-state index in [2.05, 4.69) is 19.9 Å². The molecule has 140 valence electrons. The van der Waals surface area contributed by atoms with E-state index in [1.165, 1.54) is 25.4 Å². The number of halogens is 1. The number of methoxy groups -OCH3 is 1. The lowest BCUT2D eigenvalue weighted by Crippen LogP contribution is -2.26. The van der Waals surface area contributed by atoms with Crippen molar-refractivity contribution >= 4 is 5.91 Å². The largest absolute Gasteiger partial charge is 0.481 e. The fourth-order valence-corrected chi connectivity index (χ4v) is 2.72. The van der Waals surface area contributed by atoms with Crippen LogP contribution >= 0.6 is 0 Å². The van der Waals surface area contributed by atoms with Crippen molar-refractivity contribution in [1.29, 1.82) is 0 Å². The molecule has 0 spiro atoms. The maximum Gasteiger partial charge on any atom is 0.252 e. The van der Waals surface area contributed by atoms with E-state index in [9.17, 15) is 9.18 Å². The second-order valence-electron chi connectivity index (χ2n) is 6.12. The zero-order chi connectivity index (χ0) is 19.2.